The van der Waals surface area contributed by atoms with E-state index in [1.54, 1.807) is 30.5 Å². The molecule has 0 spiro atoms. The second-order valence-corrected chi connectivity index (χ2v) is 9.56. The molecule has 192 valence electrons. The van der Waals surface area contributed by atoms with Gasteiger partial charge in [-0.1, -0.05) is 41.0 Å². The van der Waals surface area contributed by atoms with E-state index < -0.39 is 0 Å². The number of benzene rings is 2. The van der Waals surface area contributed by atoms with Crippen molar-refractivity contribution in [2.24, 2.45) is 0 Å². The molecule has 0 radical (unpaired) electrons. The molecule has 2 aliphatic heterocycles. The molecule has 0 bridgehead atoms. The van der Waals surface area contributed by atoms with Gasteiger partial charge in [-0.25, -0.2) is 4.98 Å². The van der Waals surface area contributed by atoms with E-state index in [0.717, 1.165) is 18.4 Å². The number of nitrogens with one attached hydrogen (secondary N) is 1. The van der Waals surface area contributed by atoms with Gasteiger partial charge in [-0.15, -0.1) is 0 Å². The molecule has 1 saturated heterocycles. The Balaban J connectivity index is 1.05. The van der Waals surface area contributed by atoms with Crippen LogP contribution in [0.2, 0.25) is 5.02 Å². The van der Waals surface area contributed by atoms with Gasteiger partial charge in [0, 0.05) is 41.6 Å². The zero-order valence-corrected chi connectivity index (χ0v) is 21.0. The van der Waals surface area contributed by atoms with Gasteiger partial charge in [-0.3, -0.25) is 9.59 Å². The Labute approximate surface area is 223 Å². The first-order valence-electron chi connectivity index (χ1n) is 12.2. The normalized spacial score (nSPS) is 14.9. The van der Waals surface area contributed by atoms with Crippen LogP contribution in [0.4, 0.5) is 5.69 Å². The number of anilines is 1. The number of hydrogen-bond acceptors (Lipinski definition) is 7. The highest BCUT2D eigenvalue weighted by Gasteiger charge is 2.29. The highest BCUT2D eigenvalue weighted by atomic mass is 35.5. The average molecular weight is 531 g/mol. The fourth-order valence-corrected chi connectivity index (χ4v) is 4.87. The summed E-state index contributed by atoms with van der Waals surface area (Å²) < 4.78 is 16.0. The van der Waals surface area contributed by atoms with Gasteiger partial charge in [0.05, 0.1) is 5.56 Å². The van der Waals surface area contributed by atoms with Crippen LogP contribution in [0.15, 0.2) is 71.4 Å². The van der Waals surface area contributed by atoms with Crippen LogP contribution in [-0.2, 0) is 0 Å². The molecule has 6 rings (SSSR count). The van der Waals surface area contributed by atoms with E-state index in [2.05, 4.69) is 15.5 Å². The smallest absolute Gasteiger partial charge is 0.294 e. The predicted octanol–water partition coefficient (Wildman–Crippen LogP) is 5.39. The Morgan fingerprint density at radius 3 is 2.50 bits per heavy atom. The van der Waals surface area contributed by atoms with Gasteiger partial charge in [0.2, 0.25) is 12.6 Å². The van der Waals surface area contributed by atoms with E-state index in [0.29, 0.717) is 52.6 Å². The van der Waals surface area contributed by atoms with Crippen LogP contribution in [0.1, 0.15) is 45.2 Å². The van der Waals surface area contributed by atoms with Gasteiger partial charge in [0.25, 0.3) is 17.7 Å². The summed E-state index contributed by atoms with van der Waals surface area (Å²) >= 11 is 5.93. The van der Waals surface area contributed by atoms with Crippen molar-refractivity contribution in [3.05, 3.63) is 88.8 Å². The number of likely N-dealkylation sites (tertiary alicyclic amines) is 1. The van der Waals surface area contributed by atoms with Crippen molar-refractivity contribution < 1.29 is 23.6 Å². The zero-order valence-electron chi connectivity index (χ0n) is 20.2. The summed E-state index contributed by atoms with van der Waals surface area (Å²) in [5.74, 6) is 0.772. The summed E-state index contributed by atoms with van der Waals surface area (Å²) in [7, 11) is 0. The number of nitrogens with zero attached hydrogens (tertiary/aromatic N) is 3. The number of halogens is 1. The van der Waals surface area contributed by atoms with Crippen LogP contribution in [0, 0.1) is 0 Å². The number of carbonyl (C=O) groups excluding carboxylic acids is 2. The highest BCUT2D eigenvalue weighted by molar-refractivity contribution is 6.30. The van der Waals surface area contributed by atoms with E-state index in [9.17, 15) is 9.59 Å². The molecule has 38 heavy (non-hydrogen) atoms. The Kier molecular flexibility index (Phi) is 6.43. The largest absolute Gasteiger partial charge is 0.451 e. The maximum absolute atomic E-state index is 13.1. The first-order valence-corrected chi connectivity index (χ1v) is 12.6. The number of pyridine rings is 1. The molecule has 0 aliphatic carbocycles. The minimum atomic E-state index is -0.380. The monoisotopic (exact) mass is 530 g/mol. The molecule has 0 unspecified atom stereocenters. The Bertz CT molecular complexity index is 1480. The van der Waals surface area contributed by atoms with E-state index in [-0.39, 0.29) is 24.4 Å². The number of fused-ring (bicyclic) bond motifs is 1. The third kappa shape index (κ3) is 4.80. The van der Waals surface area contributed by atoms with Crippen LogP contribution >= 0.6 is 11.6 Å². The lowest BCUT2D eigenvalue weighted by Crippen LogP contribution is -2.38. The molecule has 4 heterocycles. The van der Waals surface area contributed by atoms with Gasteiger partial charge >= 0.3 is 0 Å². The van der Waals surface area contributed by atoms with Gasteiger partial charge in [-0.05, 0) is 54.7 Å². The lowest BCUT2D eigenvalue weighted by molar-refractivity contribution is 0.0708. The third-order valence-electron chi connectivity index (χ3n) is 6.80. The molecule has 2 aliphatic rings. The first kappa shape index (κ1) is 24.0. The number of amides is 2. The number of piperidine rings is 1. The molecule has 1 N–H and O–H groups in total. The molecule has 2 amide bonds. The van der Waals surface area contributed by atoms with Crippen molar-refractivity contribution in [1.82, 2.24) is 15.0 Å². The van der Waals surface area contributed by atoms with E-state index in [1.165, 1.54) is 5.56 Å². The van der Waals surface area contributed by atoms with Crippen molar-refractivity contribution in [3.8, 4) is 22.9 Å². The summed E-state index contributed by atoms with van der Waals surface area (Å²) in [6.45, 7) is 1.36. The lowest BCUT2D eigenvalue weighted by atomic mass is 9.89. The van der Waals surface area contributed by atoms with Crippen molar-refractivity contribution in [2.45, 2.75) is 18.8 Å². The lowest BCUT2D eigenvalue weighted by Gasteiger charge is -2.32. The summed E-state index contributed by atoms with van der Waals surface area (Å²) in [6.07, 6.45) is 3.25. The highest BCUT2D eigenvalue weighted by Crippen LogP contribution is 2.35. The van der Waals surface area contributed by atoms with Crippen molar-refractivity contribution in [2.75, 3.05) is 25.2 Å². The molecule has 2 aromatic carbocycles. The standard InChI is InChI=1S/C28H23ClN4O5/c29-20-5-1-19(2-6-20)23-15-24(38-32-23)26(34)31-21-7-3-17(4-8-21)18-10-13-33(14-11-18)28(35)22-9-12-30-27-25(22)36-16-37-27/h1-9,12,15,18H,10-11,13-14,16H2,(H,31,34). The summed E-state index contributed by atoms with van der Waals surface area (Å²) in [5.41, 5.74) is 3.67. The molecule has 4 aromatic rings. The topological polar surface area (TPSA) is 107 Å². The second-order valence-electron chi connectivity index (χ2n) is 9.13. The third-order valence-corrected chi connectivity index (χ3v) is 7.05. The van der Waals surface area contributed by atoms with Crippen LogP contribution in [0.3, 0.4) is 0 Å². The van der Waals surface area contributed by atoms with Gasteiger partial charge in [0.15, 0.2) is 5.75 Å². The molecular formula is C28H23ClN4O5. The van der Waals surface area contributed by atoms with Crippen molar-refractivity contribution in [1.29, 1.82) is 0 Å². The van der Waals surface area contributed by atoms with Crippen LogP contribution in [-0.4, -0.2) is 46.7 Å². The SMILES string of the molecule is O=C(Nc1ccc(C2CCN(C(=O)c3ccnc4c3OCO4)CC2)cc1)c1cc(-c2ccc(Cl)cc2)no1. The Hall–Kier alpha value is -4.37. The van der Waals surface area contributed by atoms with Crippen LogP contribution < -0.4 is 14.8 Å². The molecule has 0 saturated carbocycles. The molecule has 0 atom stereocenters. The number of hydrogen-bond donors (Lipinski definition) is 1. The van der Waals surface area contributed by atoms with E-state index in [4.69, 9.17) is 25.6 Å². The fraction of sp³-hybridized carbons (Fsp3) is 0.214. The minimum Gasteiger partial charge on any atom is -0.451 e. The Morgan fingerprint density at radius 2 is 1.74 bits per heavy atom. The summed E-state index contributed by atoms with van der Waals surface area (Å²) in [5, 5.41) is 7.46. The molecular weight excluding hydrogens is 508 g/mol. The first-order chi connectivity index (χ1) is 18.5. The van der Waals surface area contributed by atoms with Gasteiger partial charge < -0.3 is 24.2 Å². The number of rotatable bonds is 5. The summed E-state index contributed by atoms with van der Waals surface area (Å²) in [4.78, 5) is 31.7. The van der Waals surface area contributed by atoms with Crippen LogP contribution in [0.5, 0.6) is 11.6 Å². The predicted molar refractivity (Wildman–Crippen MR) is 140 cm³/mol. The fourth-order valence-electron chi connectivity index (χ4n) is 4.74. The van der Waals surface area contributed by atoms with Crippen molar-refractivity contribution >= 4 is 29.1 Å². The number of aromatic nitrogens is 2. The maximum atomic E-state index is 13.1. The maximum Gasteiger partial charge on any atom is 0.294 e. The van der Waals surface area contributed by atoms with Gasteiger partial charge in [-0.2, -0.15) is 0 Å². The molecule has 10 heteroatoms. The van der Waals surface area contributed by atoms with E-state index >= 15 is 0 Å². The summed E-state index contributed by atoms with van der Waals surface area (Å²) in [6, 6.07) is 18.2. The zero-order chi connectivity index (χ0) is 26.1. The van der Waals surface area contributed by atoms with Crippen LogP contribution in [0.25, 0.3) is 11.3 Å². The Morgan fingerprint density at radius 1 is 0.974 bits per heavy atom. The molecule has 2 aromatic heterocycles. The van der Waals surface area contributed by atoms with Gasteiger partial charge in [0.1, 0.15) is 5.69 Å². The second kappa shape index (κ2) is 10.2. The molecule has 9 nitrogen and oxygen atoms in total. The average Bonchev–Trinajstić information content (AvgIpc) is 3.64. The number of carbonyl (C=O) groups is 2. The number of ether oxygens (including phenoxy) is 2. The van der Waals surface area contributed by atoms with Crippen molar-refractivity contribution in [3.63, 3.8) is 0 Å². The quantitative estimate of drug-likeness (QED) is 0.368. The molecule has 1 fully saturated rings. The van der Waals surface area contributed by atoms with E-state index in [1.807, 2.05) is 41.3 Å². The minimum absolute atomic E-state index is 0.0719.